The summed E-state index contributed by atoms with van der Waals surface area (Å²) < 4.78 is 6.31. The highest BCUT2D eigenvalue weighted by molar-refractivity contribution is 5.06. The molecular weight excluding hydrogens is 252 g/mol. The van der Waals surface area contributed by atoms with E-state index in [1.165, 1.54) is 0 Å². The second-order valence-corrected chi connectivity index (χ2v) is 7.80. The summed E-state index contributed by atoms with van der Waals surface area (Å²) >= 11 is 0. The third kappa shape index (κ3) is 3.53. The van der Waals surface area contributed by atoms with Crippen LogP contribution in [0.15, 0.2) is 0 Å². The summed E-state index contributed by atoms with van der Waals surface area (Å²) in [6.45, 7) is 17.0. The lowest BCUT2D eigenvalue weighted by atomic mass is 9.81. The van der Waals surface area contributed by atoms with Gasteiger partial charge in [-0.1, -0.05) is 6.92 Å². The van der Waals surface area contributed by atoms with Crippen molar-refractivity contribution in [1.82, 2.24) is 10.2 Å². The normalized spacial score (nSPS) is 29.1. The molecule has 1 heterocycles. The van der Waals surface area contributed by atoms with E-state index in [9.17, 15) is 5.11 Å². The number of likely N-dealkylation sites (N-methyl/N-ethyl adjacent to an activating group) is 2. The third-order valence-electron chi connectivity index (χ3n) is 4.89. The highest BCUT2D eigenvalue weighted by Crippen LogP contribution is 2.43. The first-order valence-electron chi connectivity index (χ1n) is 7.73. The van der Waals surface area contributed by atoms with E-state index in [4.69, 9.17) is 4.74 Å². The van der Waals surface area contributed by atoms with Gasteiger partial charge in [-0.05, 0) is 55.1 Å². The van der Waals surface area contributed by atoms with Gasteiger partial charge in [-0.25, -0.2) is 0 Å². The van der Waals surface area contributed by atoms with Crippen molar-refractivity contribution in [1.29, 1.82) is 0 Å². The van der Waals surface area contributed by atoms with Gasteiger partial charge in [0.25, 0.3) is 0 Å². The molecule has 1 aliphatic heterocycles. The Bertz CT molecular complexity index is 326. The average Bonchev–Trinajstić information content (AvgIpc) is 2.47. The lowest BCUT2D eigenvalue weighted by Gasteiger charge is -2.40. The SMILES string of the molecule is CCNC1C(CN(C)C(C)(C)CO)C(C)(C)OC1(C)C. The van der Waals surface area contributed by atoms with Crippen LogP contribution in [0.4, 0.5) is 0 Å². The molecule has 0 radical (unpaired) electrons. The molecule has 0 aliphatic carbocycles. The summed E-state index contributed by atoms with van der Waals surface area (Å²) in [5.41, 5.74) is -0.552. The molecule has 2 atom stereocenters. The summed E-state index contributed by atoms with van der Waals surface area (Å²) in [6, 6.07) is 0.319. The molecule has 2 N–H and O–H groups in total. The van der Waals surface area contributed by atoms with Crippen LogP contribution in [0.25, 0.3) is 0 Å². The monoisotopic (exact) mass is 286 g/mol. The number of hydrogen-bond acceptors (Lipinski definition) is 4. The topological polar surface area (TPSA) is 44.7 Å². The van der Waals surface area contributed by atoms with Crippen LogP contribution in [0.5, 0.6) is 0 Å². The predicted molar refractivity (Wildman–Crippen MR) is 84.0 cm³/mol. The quantitative estimate of drug-likeness (QED) is 0.782. The number of hydrogen-bond donors (Lipinski definition) is 2. The zero-order chi connectivity index (χ0) is 15.8. The molecule has 20 heavy (non-hydrogen) atoms. The third-order valence-corrected chi connectivity index (χ3v) is 4.89. The summed E-state index contributed by atoms with van der Waals surface area (Å²) in [4.78, 5) is 2.24. The predicted octanol–water partition coefficient (Wildman–Crippen LogP) is 1.87. The van der Waals surface area contributed by atoms with Crippen molar-refractivity contribution in [3.63, 3.8) is 0 Å². The van der Waals surface area contributed by atoms with Crippen LogP contribution >= 0.6 is 0 Å². The van der Waals surface area contributed by atoms with E-state index in [0.29, 0.717) is 12.0 Å². The van der Waals surface area contributed by atoms with E-state index >= 15 is 0 Å². The Labute approximate surface area is 124 Å². The minimum Gasteiger partial charge on any atom is -0.394 e. The van der Waals surface area contributed by atoms with E-state index < -0.39 is 0 Å². The second-order valence-electron chi connectivity index (χ2n) is 7.80. The zero-order valence-corrected chi connectivity index (χ0v) is 14.6. The molecule has 0 bridgehead atoms. The first-order chi connectivity index (χ1) is 8.98. The van der Waals surface area contributed by atoms with Gasteiger partial charge in [0.2, 0.25) is 0 Å². The minimum absolute atomic E-state index is 0.159. The van der Waals surface area contributed by atoms with Crippen LogP contribution in [0.1, 0.15) is 48.5 Å². The molecule has 0 aromatic rings. The zero-order valence-electron chi connectivity index (χ0n) is 14.6. The van der Waals surface area contributed by atoms with Crippen molar-refractivity contribution < 1.29 is 9.84 Å². The van der Waals surface area contributed by atoms with E-state index in [1.807, 2.05) is 0 Å². The molecule has 0 aromatic heterocycles. The van der Waals surface area contributed by atoms with Gasteiger partial charge in [-0.3, -0.25) is 4.90 Å². The maximum atomic E-state index is 9.55. The van der Waals surface area contributed by atoms with E-state index in [2.05, 4.69) is 65.7 Å². The minimum atomic E-state index is -0.209. The van der Waals surface area contributed by atoms with Crippen LogP contribution in [-0.4, -0.2) is 59.5 Å². The molecule has 1 saturated heterocycles. The van der Waals surface area contributed by atoms with E-state index in [-0.39, 0.29) is 23.3 Å². The molecule has 4 heteroatoms. The summed E-state index contributed by atoms with van der Waals surface area (Å²) in [6.07, 6.45) is 0. The highest BCUT2D eigenvalue weighted by Gasteiger charge is 2.53. The number of nitrogens with one attached hydrogen (secondary N) is 1. The van der Waals surface area contributed by atoms with Crippen molar-refractivity contribution in [3.05, 3.63) is 0 Å². The lowest BCUT2D eigenvalue weighted by Crippen LogP contribution is -2.54. The van der Waals surface area contributed by atoms with E-state index in [0.717, 1.165) is 13.1 Å². The Kier molecular flexibility index (Phi) is 5.29. The van der Waals surface area contributed by atoms with Crippen molar-refractivity contribution in [2.24, 2.45) is 5.92 Å². The fourth-order valence-electron chi connectivity index (χ4n) is 3.30. The van der Waals surface area contributed by atoms with Crippen molar-refractivity contribution in [2.75, 3.05) is 26.7 Å². The number of rotatable bonds is 6. The molecule has 0 saturated carbocycles. The first kappa shape index (κ1) is 17.9. The molecule has 120 valence electrons. The smallest absolute Gasteiger partial charge is 0.0790 e. The van der Waals surface area contributed by atoms with Gasteiger partial charge >= 0.3 is 0 Å². The van der Waals surface area contributed by atoms with Gasteiger partial charge in [0.1, 0.15) is 0 Å². The maximum Gasteiger partial charge on any atom is 0.0790 e. The molecule has 2 unspecified atom stereocenters. The Hall–Kier alpha value is -0.160. The molecule has 0 aromatic carbocycles. The summed E-state index contributed by atoms with van der Waals surface area (Å²) in [7, 11) is 2.08. The van der Waals surface area contributed by atoms with Crippen LogP contribution in [0, 0.1) is 5.92 Å². The van der Waals surface area contributed by atoms with Gasteiger partial charge in [-0.15, -0.1) is 0 Å². The number of ether oxygens (including phenoxy) is 1. The highest BCUT2D eigenvalue weighted by atomic mass is 16.5. The molecule has 4 nitrogen and oxygen atoms in total. The van der Waals surface area contributed by atoms with Crippen LogP contribution in [0.3, 0.4) is 0 Å². The molecule has 0 amide bonds. The van der Waals surface area contributed by atoms with Gasteiger partial charge in [0.15, 0.2) is 0 Å². The van der Waals surface area contributed by atoms with Gasteiger partial charge in [0.05, 0.1) is 17.8 Å². The van der Waals surface area contributed by atoms with Gasteiger partial charge in [-0.2, -0.15) is 0 Å². The van der Waals surface area contributed by atoms with Gasteiger partial charge in [0, 0.05) is 24.0 Å². The largest absolute Gasteiger partial charge is 0.394 e. The fourth-order valence-corrected chi connectivity index (χ4v) is 3.30. The maximum absolute atomic E-state index is 9.55. The molecule has 1 rings (SSSR count). The average molecular weight is 286 g/mol. The lowest BCUT2D eigenvalue weighted by molar-refractivity contribution is -0.0813. The Morgan fingerprint density at radius 1 is 1.20 bits per heavy atom. The Morgan fingerprint density at radius 2 is 1.75 bits per heavy atom. The molecule has 1 fully saturated rings. The number of aliphatic hydroxyl groups is 1. The van der Waals surface area contributed by atoms with Crippen molar-refractivity contribution >= 4 is 0 Å². The standard InChI is InChI=1S/C16H34N2O2/c1-9-17-13-12(10-18(8)14(2,3)11-19)15(4,5)20-16(13,6)7/h12-13,17,19H,9-11H2,1-8H3. The van der Waals surface area contributed by atoms with E-state index in [1.54, 1.807) is 0 Å². The number of aliphatic hydroxyl groups excluding tert-OH is 1. The van der Waals surface area contributed by atoms with Crippen LogP contribution in [0.2, 0.25) is 0 Å². The van der Waals surface area contributed by atoms with Crippen LogP contribution in [-0.2, 0) is 4.74 Å². The van der Waals surface area contributed by atoms with Crippen molar-refractivity contribution in [2.45, 2.75) is 71.2 Å². The van der Waals surface area contributed by atoms with Gasteiger partial charge < -0.3 is 15.2 Å². The molecular formula is C16H34N2O2. The number of nitrogens with zero attached hydrogens (tertiary/aromatic N) is 1. The Morgan fingerprint density at radius 3 is 2.20 bits per heavy atom. The Balaban J connectivity index is 2.94. The summed E-state index contributed by atoms with van der Waals surface area (Å²) in [5, 5.41) is 13.2. The fraction of sp³-hybridized carbons (Fsp3) is 1.00. The van der Waals surface area contributed by atoms with Crippen molar-refractivity contribution in [3.8, 4) is 0 Å². The molecule has 0 spiro atoms. The van der Waals surface area contributed by atoms with Crippen LogP contribution < -0.4 is 5.32 Å². The molecule has 1 aliphatic rings. The second kappa shape index (κ2) is 5.91. The first-order valence-corrected chi connectivity index (χ1v) is 7.73. The summed E-state index contributed by atoms with van der Waals surface area (Å²) in [5.74, 6) is 0.383.